The fourth-order valence-corrected chi connectivity index (χ4v) is 7.79. The Kier molecular flexibility index (Phi) is 12.9. The van der Waals surface area contributed by atoms with E-state index in [0.29, 0.717) is 43.3 Å². The summed E-state index contributed by atoms with van der Waals surface area (Å²) >= 11 is 0. The summed E-state index contributed by atoms with van der Waals surface area (Å²) in [6.45, 7) is 9.57. The third-order valence-electron chi connectivity index (χ3n) is 10.8. The topological polar surface area (TPSA) is 184 Å². The highest BCUT2D eigenvalue weighted by atomic mass is 16.5. The van der Waals surface area contributed by atoms with Crippen LogP contribution in [-0.4, -0.2) is 87.1 Å². The van der Waals surface area contributed by atoms with Gasteiger partial charge in [0.1, 0.15) is 36.1 Å². The number of hydrogen-bond donors (Lipinski definition) is 4. The molecule has 3 heterocycles. The Morgan fingerprint density at radius 3 is 2.21 bits per heavy atom. The van der Waals surface area contributed by atoms with Gasteiger partial charge in [0.15, 0.2) is 0 Å². The largest absolute Gasteiger partial charge is 0.488 e. The Labute approximate surface area is 354 Å². The maximum atomic E-state index is 13.9. The molecule has 7 rings (SSSR count). The number of hydrogen-bond acceptors (Lipinski definition) is 9. The Morgan fingerprint density at radius 2 is 1.51 bits per heavy atom. The van der Waals surface area contributed by atoms with Crippen molar-refractivity contribution in [3.8, 4) is 28.1 Å². The van der Waals surface area contributed by atoms with Crippen molar-refractivity contribution in [1.82, 2.24) is 40.4 Å². The number of carbonyl (C=O) groups excluding carboxylic acids is 4. The molecule has 15 nitrogen and oxygen atoms in total. The van der Waals surface area contributed by atoms with Crippen LogP contribution in [0.3, 0.4) is 0 Å². The van der Waals surface area contributed by atoms with Crippen molar-refractivity contribution >= 4 is 45.8 Å². The molecular weight excluding hydrogens is 777 g/mol. The van der Waals surface area contributed by atoms with Crippen LogP contribution in [0.25, 0.3) is 44.2 Å². The van der Waals surface area contributed by atoms with Gasteiger partial charge < -0.3 is 44.6 Å². The standard InChI is InChI=1S/C46H52N8O7/c1-7-18-53(44(56)41(52-46(58)60-6)28-12-10-9-11-13-28)24-38-47-23-36(49-38)30-14-16-32-31(20-30)26-61-37-22-33-29(21-34(32)37)15-17-35-42(33)50-39(48-35)25-54(19-8-2)43(55)40(27(3)4)51-45(57)59-5/h9-17,20-23,27,40-41H,7-8,18-19,24-26H2,1-6H3,(H,47,49)(H,48,50)(H,51,57)(H,52,58)/t40-,41+/m0/s1. The van der Waals surface area contributed by atoms with Crippen LogP contribution in [-0.2, 0) is 38.8 Å². The molecule has 15 heteroatoms. The van der Waals surface area contributed by atoms with Crippen LogP contribution >= 0.6 is 0 Å². The van der Waals surface area contributed by atoms with E-state index in [9.17, 15) is 19.2 Å². The smallest absolute Gasteiger partial charge is 0.407 e. The van der Waals surface area contributed by atoms with Crippen LogP contribution in [0.15, 0.2) is 79.0 Å². The molecule has 0 aliphatic carbocycles. The molecule has 2 atom stereocenters. The predicted molar refractivity (Wildman–Crippen MR) is 231 cm³/mol. The molecule has 0 unspecified atom stereocenters. The maximum absolute atomic E-state index is 13.9. The molecule has 4 N–H and O–H groups in total. The van der Waals surface area contributed by atoms with Crippen LogP contribution in [0.4, 0.5) is 9.59 Å². The van der Waals surface area contributed by atoms with Gasteiger partial charge in [0, 0.05) is 24.0 Å². The van der Waals surface area contributed by atoms with Gasteiger partial charge in [-0.2, -0.15) is 0 Å². The van der Waals surface area contributed by atoms with Crippen LogP contribution in [0.1, 0.15) is 69.4 Å². The summed E-state index contributed by atoms with van der Waals surface area (Å²) in [6.07, 6.45) is 1.88. The van der Waals surface area contributed by atoms with Gasteiger partial charge in [-0.15, -0.1) is 0 Å². The highest BCUT2D eigenvalue weighted by Crippen LogP contribution is 2.42. The minimum atomic E-state index is -0.918. The van der Waals surface area contributed by atoms with E-state index in [4.69, 9.17) is 19.2 Å². The molecule has 4 amide bonds. The molecule has 0 saturated heterocycles. The van der Waals surface area contributed by atoms with Gasteiger partial charge in [-0.05, 0) is 70.7 Å². The van der Waals surface area contributed by atoms with E-state index in [1.165, 1.54) is 14.2 Å². The second-order valence-corrected chi connectivity index (χ2v) is 15.5. The number of fused-ring (bicyclic) bond motifs is 6. The quantitative estimate of drug-likeness (QED) is 0.0809. The first-order valence-corrected chi connectivity index (χ1v) is 20.6. The highest BCUT2D eigenvalue weighted by Gasteiger charge is 2.31. The maximum Gasteiger partial charge on any atom is 0.407 e. The van der Waals surface area contributed by atoms with Crippen molar-refractivity contribution in [3.63, 3.8) is 0 Å². The summed E-state index contributed by atoms with van der Waals surface area (Å²) in [5.41, 5.74) is 7.06. The lowest BCUT2D eigenvalue weighted by atomic mass is 9.92. The molecule has 1 aliphatic rings. The monoisotopic (exact) mass is 828 g/mol. The molecule has 2 aromatic heterocycles. The second-order valence-electron chi connectivity index (χ2n) is 15.5. The number of carbonyl (C=O) groups is 4. The Bertz CT molecular complexity index is 2550. The predicted octanol–water partition coefficient (Wildman–Crippen LogP) is 7.62. The average molecular weight is 829 g/mol. The lowest BCUT2D eigenvalue weighted by molar-refractivity contribution is -0.135. The first-order chi connectivity index (χ1) is 29.5. The first kappa shape index (κ1) is 42.2. The number of aromatic amines is 2. The van der Waals surface area contributed by atoms with E-state index in [1.54, 1.807) is 28.1 Å². The minimum absolute atomic E-state index is 0.142. The van der Waals surface area contributed by atoms with E-state index < -0.39 is 24.3 Å². The van der Waals surface area contributed by atoms with E-state index in [0.717, 1.165) is 61.9 Å². The number of imidazole rings is 2. The van der Waals surface area contributed by atoms with Crippen molar-refractivity contribution in [3.05, 3.63) is 102 Å². The van der Waals surface area contributed by atoms with Gasteiger partial charge in [-0.25, -0.2) is 19.6 Å². The zero-order chi connectivity index (χ0) is 43.2. The number of nitrogens with zero attached hydrogens (tertiary/aromatic N) is 4. The molecule has 0 spiro atoms. The summed E-state index contributed by atoms with van der Waals surface area (Å²) < 4.78 is 16.0. The molecule has 6 aromatic rings. The number of nitrogens with one attached hydrogen (secondary N) is 4. The number of methoxy groups -OCH3 is 2. The summed E-state index contributed by atoms with van der Waals surface area (Å²) in [7, 11) is 2.55. The molecule has 0 fully saturated rings. The van der Waals surface area contributed by atoms with Gasteiger partial charge >= 0.3 is 12.2 Å². The van der Waals surface area contributed by atoms with E-state index in [-0.39, 0.29) is 30.8 Å². The third kappa shape index (κ3) is 9.15. The number of ether oxygens (including phenoxy) is 3. The minimum Gasteiger partial charge on any atom is -0.488 e. The van der Waals surface area contributed by atoms with E-state index in [1.807, 2.05) is 64.1 Å². The number of alkyl carbamates (subject to hydrolysis) is 2. The number of benzene rings is 4. The fourth-order valence-electron chi connectivity index (χ4n) is 7.79. The van der Waals surface area contributed by atoms with Crippen LogP contribution < -0.4 is 15.4 Å². The van der Waals surface area contributed by atoms with E-state index in [2.05, 4.69) is 49.9 Å². The molecule has 1 aliphatic heterocycles. The van der Waals surface area contributed by atoms with Crippen LogP contribution in [0.5, 0.6) is 5.75 Å². The highest BCUT2D eigenvalue weighted by molar-refractivity contribution is 6.07. The molecule has 4 aromatic carbocycles. The average Bonchev–Trinajstić information content (AvgIpc) is 3.93. The third-order valence-corrected chi connectivity index (χ3v) is 10.8. The lowest BCUT2D eigenvalue weighted by Crippen LogP contribution is -2.51. The van der Waals surface area contributed by atoms with Crippen molar-refractivity contribution in [1.29, 1.82) is 0 Å². The second kappa shape index (κ2) is 18.6. The fraction of sp³-hybridized carbons (Fsp3) is 0.348. The zero-order valence-corrected chi connectivity index (χ0v) is 35.3. The van der Waals surface area contributed by atoms with Gasteiger partial charge in [-0.1, -0.05) is 76.2 Å². The molecule has 0 bridgehead atoms. The zero-order valence-electron chi connectivity index (χ0n) is 35.3. The van der Waals surface area contributed by atoms with Crippen LogP contribution in [0.2, 0.25) is 0 Å². The first-order valence-electron chi connectivity index (χ1n) is 20.6. The van der Waals surface area contributed by atoms with Gasteiger partial charge in [0.05, 0.1) is 50.2 Å². The Morgan fingerprint density at radius 1 is 0.803 bits per heavy atom. The number of rotatable bonds is 15. The molecule has 318 valence electrons. The van der Waals surface area contributed by atoms with Gasteiger partial charge in [-0.3, -0.25) is 9.59 Å². The molecule has 0 saturated carbocycles. The SMILES string of the molecule is CCCN(Cc1nc2c(ccc3cc4c(cc32)OCc2cc(-c3cnc(CN(CCC)C(=O)[C@H](NC(=O)OC)c5ccccc5)[nH]3)ccc2-4)[nH]1)C(=O)[C@@H](NC(=O)OC)C(C)C. The van der Waals surface area contributed by atoms with E-state index >= 15 is 0 Å². The van der Waals surface area contributed by atoms with Gasteiger partial charge in [0.2, 0.25) is 11.8 Å². The molecule has 61 heavy (non-hydrogen) atoms. The molecular formula is C46H52N8O7. The van der Waals surface area contributed by atoms with Crippen molar-refractivity contribution < 1.29 is 33.4 Å². The summed E-state index contributed by atoms with van der Waals surface area (Å²) in [6, 6.07) is 21.9. The number of aromatic nitrogens is 4. The van der Waals surface area contributed by atoms with Crippen molar-refractivity contribution in [2.75, 3.05) is 27.3 Å². The summed E-state index contributed by atoms with van der Waals surface area (Å²) in [5.74, 6) is 1.40. The Balaban J connectivity index is 1.10. The normalized spacial score (nSPS) is 12.8. The summed E-state index contributed by atoms with van der Waals surface area (Å²) in [4.78, 5) is 71.7. The van der Waals surface area contributed by atoms with Gasteiger partial charge in [0.25, 0.3) is 0 Å². The van der Waals surface area contributed by atoms with Crippen molar-refractivity contribution in [2.24, 2.45) is 5.92 Å². The number of amides is 4. The lowest BCUT2D eigenvalue weighted by Gasteiger charge is -2.28. The Hall–Kier alpha value is -6.90. The van der Waals surface area contributed by atoms with Crippen molar-refractivity contribution in [2.45, 2.75) is 72.3 Å². The molecule has 0 radical (unpaired) electrons. The van der Waals surface area contributed by atoms with Crippen LogP contribution in [0, 0.1) is 5.92 Å². The number of H-pyrrole nitrogens is 2. The summed E-state index contributed by atoms with van der Waals surface area (Å²) in [5, 5.41) is 7.31.